The zero-order valence-corrected chi connectivity index (χ0v) is 8.56. The van der Waals surface area contributed by atoms with Crippen LogP contribution in [0.25, 0.3) is 0 Å². The molecule has 3 nitrogen and oxygen atoms in total. The minimum Gasteiger partial charge on any atom is -0.383 e. The van der Waals surface area contributed by atoms with E-state index in [2.05, 4.69) is 4.98 Å². The highest BCUT2D eigenvalue weighted by atomic mass is 32.1. The van der Waals surface area contributed by atoms with Crippen molar-refractivity contribution in [2.24, 2.45) is 0 Å². The van der Waals surface area contributed by atoms with Gasteiger partial charge in [-0.25, -0.2) is 4.98 Å². The second-order valence-corrected chi connectivity index (χ2v) is 4.64. The van der Waals surface area contributed by atoms with E-state index < -0.39 is 0 Å². The maximum absolute atomic E-state index is 5.71. The van der Waals surface area contributed by atoms with Crippen LogP contribution in [0.4, 0.5) is 5.82 Å². The third-order valence-electron chi connectivity index (χ3n) is 2.36. The molecule has 1 aliphatic heterocycles. The van der Waals surface area contributed by atoms with Gasteiger partial charge in [0.2, 0.25) is 0 Å². The standard InChI is InChI=1S/C9H14N2OS/c1-6-8(10)11-9(13-6)7-3-2-4-12-5-7/h7H,2-5,10H2,1H3. The van der Waals surface area contributed by atoms with E-state index in [9.17, 15) is 0 Å². The summed E-state index contributed by atoms with van der Waals surface area (Å²) in [6.07, 6.45) is 2.33. The van der Waals surface area contributed by atoms with Crippen LogP contribution < -0.4 is 5.73 Å². The molecule has 1 aromatic rings. The predicted octanol–water partition coefficient (Wildman–Crippen LogP) is 1.93. The van der Waals surface area contributed by atoms with E-state index >= 15 is 0 Å². The van der Waals surface area contributed by atoms with E-state index in [0.717, 1.165) is 29.5 Å². The quantitative estimate of drug-likeness (QED) is 0.750. The smallest absolute Gasteiger partial charge is 0.137 e. The molecule has 1 saturated heterocycles. The van der Waals surface area contributed by atoms with Crippen LogP contribution in [0.2, 0.25) is 0 Å². The van der Waals surface area contributed by atoms with Crippen molar-refractivity contribution in [2.45, 2.75) is 25.7 Å². The highest BCUT2D eigenvalue weighted by Gasteiger charge is 2.19. The Morgan fingerprint density at radius 1 is 1.62 bits per heavy atom. The molecule has 0 bridgehead atoms. The summed E-state index contributed by atoms with van der Waals surface area (Å²) in [5.74, 6) is 1.17. The molecule has 0 amide bonds. The van der Waals surface area contributed by atoms with Gasteiger partial charge in [0.1, 0.15) is 10.8 Å². The van der Waals surface area contributed by atoms with Crippen molar-refractivity contribution in [1.82, 2.24) is 4.98 Å². The molecule has 0 aliphatic carbocycles. The highest BCUT2D eigenvalue weighted by Crippen LogP contribution is 2.31. The lowest BCUT2D eigenvalue weighted by Crippen LogP contribution is -2.15. The van der Waals surface area contributed by atoms with E-state index in [1.54, 1.807) is 11.3 Å². The Balaban J connectivity index is 2.14. The molecule has 1 aliphatic rings. The van der Waals surface area contributed by atoms with Gasteiger partial charge in [-0.15, -0.1) is 11.3 Å². The molecule has 0 spiro atoms. The van der Waals surface area contributed by atoms with Crippen LogP contribution in [0.15, 0.2) is 0 Å². The number of aryl methyl sites for hydroxylation is 1. The van der Waals surface area contributed by atoms with Crippen molar-refractivity contribution >= 4 is 17.2 Å². The van der Waals surface area contributed by atoms with Crippen molar-refractivity contribution in [3.05, 3.63) is 9.88 Å². The molecule has 0 saturated carbocycles. The van der Waals surface area contributed by atoms with Gasteiger partial charge in [-0.05, 0) is 19.8 Å². The number of nitrogens with two attached hydrogens (primary N) is 1. The Kier molecular flexibility index (Phi) is 2.51. The largest absolute Gasteiger partial charge is 0.383 e. The number of thiazole rings is 1. The molecule has 1 atom stereocenters. The van der Waals surface area contributed by atoms with Crippen LogP contribution in [0.3, 0.4) is 0 Å². The van der Waals surface area contributed by atoms with Crippen LogP contribution >= 0.6 is 11.3 Å². The highest BCUT2D eigenvalue weighted by molar-refractivity contribution is 7.12. The maximum atomic E-state index is 5.71. The van der Waals surface area contributed by atoms with Gasteiger partial charge in [-0.2, -0.15) is 0 Å². The first kappa shape index (κ1) is 8.97. The first-order valence-corrected chi connectivity index (χ1v) is 5.39. The van der Waals surface area contributed by atoms with E-state index in [4.69, 9.17) is 10.5 Å². The van der Waals surface area contributed by atoms with E-state index in [0.29, 0.717) is 11.7 Å². The van der Waals surface area contributed by atoms with Crippen LogP contribution in [0.5, 0.6) is 0 Å². The Bertz CT molecular complexity index is 272. The molecule has 2 heterocycles. The molecular weight excluding hydrogens is 184 g/mol. The lowest BCUT2D eigenvalue weighted by molar-refractivity contribution is 0.0804. The second kappa shape index (κ2) is 3.64. The fourth-order valence-corrected chi connectivity index (χ4v) is 2.50. The van der Waals surface area contributed by atoms with Gasteiger partial charge in [0.25, 0.3) is 0 Å². The van der Waals surface area contributed by atoms with Gasteiger partial charge in [0, 0.05) is 17.4 Å². The first-order valence-electron chi connectivity index (χ1n) is 4.58. The number of aromatic nitrogens is 1. The van der Waals surface area contributed by atoms with Crippen LogP contribution in [0, 0.1) is 6.92 Å². The van der Waals surface area contributed by atoms with Gasteiger partial charge in [-0.1, -0.05) is 0 Å². The summed E-state index contributed by atoms with van der Waals surface area (Å²) in [6.45, 7) is 3.73. The monoisotopic (exact) mass is 198 g/mol. The SMILES string of the molecule is Cc1sc(C2CCCOC2)nc1N. The lowest BCUT2D eigenvalue weighted by atomic mass is 10.0. The average molecular weight is 198 g/mol. The Morgan fingerprint density at radius 3 is 3.00 bits per heavy atom. The van der Waals surface area contributed by atoms with Crippen molar-refractivity contribution < 1.29 is 4.74 Å². The van der Waals surface area contributed by atoms with Gasteiger partial charge in [0.15, 0.2) is 0 Å². The third kappa shape index (κ3) is 1.84. The molecule has 2 rings (SSSR count). The third-order valence-corrected chi connectivity index (χ3v) is 3.51. The number of hydrogen-bond donors (Lipinski definition) is 1. The normalized spacial score (nSPS) is 23.3. The van der Waals surface area contributed by atoms with Crippen LogP contribution in [-0.2, 0) is 4.74 Å². The first-order chi connectivity index (χ1) is 6.27. The molecule has 72 valence electrons. The maximum Gasteiger partial charge on any atom is 0.137 e. The molecular formula is C9H14N2OS. The fraction of sp³-hybridized carbons (Fsp3) is 0.667. The summed E-state index contributed by atoms with van der Waals surface area (Å²) in [5.41, 5.74) is 5.71. The minimum atomic E-state index is 0.481. The number of rotatable bonds is 1. The molecule has 4 heteroatoms. The van der Waals surface area contributed by atoms with Crippen molar-refractivity contribution in [3.8, 4) is 0 Å². The van der Waals surface area contributed by atoms with Crippen molar-refractivity contribution in [1.29, 1.82) is 0 Å². The van der Waals surface area contributed by atoms with Crippen molar-refractivity contribution in [2.75, 3.05) is 18.9 Å². The Labute approximate surface area is 81.9 Å². The number of nitrogens with zero attached hydrogens (tertiary/aromatic N) is 1. The predicted molar refractivity (Wildman–Crippen MR) is 54.1 cm³/mol. The number of hydrogen-bond acceptors (Lipinski definition) is 4. The van der Waals surface area contributed by atoms with Gasteiger partial charge in [0.05, 0.1) is 6.61 Å². The summed E-state index contributed by atoms with van der Waals surface area (Å²) < 4.78 is 5.41. The van der Waals surface area contributed by atoms with Crippen LogP contribution in [-0.4, -0.2) is 18.2 Å². The minimum absolute atomic E-state index is 0.481. The second-order valence-electron chi connectivity index (χ2n) is 3.41. The van der Waals surface area contributed by atoms with Gasteiger partial charge < -0.3 is 10.5 Å². The summed E-state index contributed by atoms with van der Waals surface area (Å²) >= 11 is 1.70. The molecule has 0 radical (unpaired) electrons. The van der Waals surface area contributed by atoms with Gasteiger partial charge in [-0.3, -0.25) is 0 Å². The number of nitrogen functional groups attached to an aromatic ring is 1. The fourth-order valence-electron chi connectivity index (χ4n) is 1.54. The van der Waals surface area contributed by atoms with E-state index in [-0.39, 0.29) is 0 Å². The molecule has 1 unspecified atom stereocenters. The molecule has 1 fully saturated rings. The van der Waals surface area contributed by atoms with Crippen LogP contribution in [0.1, 0.15) is 28.6 Å². The van der Waals surface area contributed by atoms with E-state index in [1.807, 2.05) is 6.92 Å². The lowest BCUT2D eigenvalue weighted by Gasteiger charge is -2.19. The summed E-state index contributed by atoms with van der Waals surface area (Å²) in [5, 5.41) is 1.15. The Hall–Kier alpha value is -0.610. The zero-order chi connectivity index (χ0) is 9.26. The molecule has 13 heavy (non-hydrogen) atoms. The molecule has 1 aromatic heterocycles. The summed E-state index contributed by atoms with van der Waals surface area (Å²) in [7, 11) is 0. The average Bonchev–Trinajstić information content (AvgIpc) is 2.49. The molecule has 2 N–H and O–H groups in total. The van der Waals surface area contributed by atoms with Crippen molar-refractivity contribution in [3.63, 3.8) is 0 Å². The van der Waals surface area contributed by atoms with E-state index in [1.165, 1.54) is 6.42 Å². The summed E-state index contributed by atoms with van der Waals surface area (Å²) in [4.78, 5) is 5.48. The Morgan fingerprint density at radius 2 is 2.46 bits per heavy atom. The topological polar surface area (TPSA) is 48.1 Å². The number of anilines is 1. The van der Waals surface area contributed by atoms with Gasteiger partial charge >= 0.3 is 0 Å². The summed E-state index contributed by atoms with van der Waals surface area (Å²) in [6, 6.07) is 0. The molecule has 0 aromatic carbocycles. The number of ether oxygens (including phenoxy) is 1. The zero-order valence-electron chi connectivity index (χ0n) is 7.75.